The first-order chi connectivity index (χ1) is 10.4. The zero-order chi connectivity index (χ0) is 16.2. The van der Waals surface area contributed by atoms with E-state index in [0.29, 0.717) is 12.8 Å². The molecule has 2 N–H and O–H groups in total. The minimum absolute atomic E-state index is 0.411. The Morgan fingerprint density at radius 3 is 2.55 bits per heavy atom. The minimum atomic E-state index is -4.43. The maximum atomic E-state index is 13.1. The van der Waals surface area contributed by atoms with E-state index in [1.54, 1.807) is 31.5 Å². The Hall–Kier alpha value is -1.79. The fourth-order valence-electron chi connectivity index (χ4n) is 2.85. The molecular weight excluding hydrogens is 295 g/mol. The van der Waals surface area contributed by atoms with E-state index in [1.165, 1.54) is 0 Å². The highest BCUT2D eigenvalue weighted by molar-refractivity contribution is 5.74. The summed E-state index contributed by atoms with van der Waals surface area (Å²) in [5.41, 5.74) is 0.738. The number of carbonyl (C=O) groups excluding carboxylic acids is 1. The smallest absolute Gasteiger partial charge is 0.332 e. The van der Waals surface area contributed by atoms with Crippen LogP contribution in [0.1, 0.15) is 44.2 Å². The number of hydrogen-bond donors (Lipinski definition) is 2. The predicted molar refractivity (Wildman–Crippen MR) is 76.1 cm³/mol. The van der Waals surface area contributed by atoms with Crippen molar-refractivity contribution in [1.29, 1.82) is 0 Å². The topological polar surface area (TPSA) is 54.0 Å². The lowest BCUT2D eigenvalue weighted by Gasteiger charge is -2.27. The minimum Gasteiger partial charge on any atom is -0.332 e. The SMILES string of the molecule is C[C@@H](NC(=O)N[C@H](C1CCCC1)C(F)(F)F)c1cccnc1. The van der Waals surface area contributed by atoms with E-state index in [4.69, 9.17) is 0 Å². The van der Waals surface area contributed by atoms with Crippen molar-refractivity contribution in [3.63, 3.8) is 0 Å². The van der Waals surface area contributed by atoms with E-state index in [1.807, 2.05) is 0 Å². The molecule has 22 heavy (non-hydrogen) atoms. The lowest BCUT2D eigenvalue weighted by molar-refractivity contribution is -0.164. The van der Waals surface area contributed by atoms with Crippen LogP contribution in [0.3, 0.4) is 0 Å². The molecule has 1 heterocycles. The monoisotopic (exact) mass is 315 g/mol. The second kappa shape index (κ2) is 6.98. The molecule has 4 nitrogen and oxygen atoms in total. The summed E-state index contributed by atoms with van der Waals surface area (Å²) in [5.74, 6) is -0.528. The van der Waals surface area contributed by atoms with Gasteiger partial charge >= 0.3 is 12.2 Å². The summed E-state index contributed by atoms with van der Waals surface area (Å²) in [6, 6.07) is 0.478. The Kier molecular flexibility index (Phi) is 5.26. The van der Waals surface area contributed by atoms with Crippen molar-refractivity contribution in [2.45, 2.75) is 50.9 Å². The highest BCUT2D eigenvalue weighted by Gasteiger charge is 2.46. The van der Waals surface area contributed by atoms with E-state index in [-0.39, 0.29) is 0 Å². The van der Waals surface area contributed by atoms with Crippen molar-refractivity contribution >= 4 is 6.03 Å². The molecule has 1 aromatic rings. The van der Waals surface area contributed by atoms with Gasteiger partial charge in [0.1, 0.15) is 6.04 Å². The molecule has 2 rings (SSSR count). The fourth-order valence-corrected chi connectivity index (χ4v) is 2.85. The molecule has 122 valence electrons. The van der Waals surface area contributed by atoms with Crippen molar-refractivity contribution < 1.29 is 18.0 Å². The van der Waals surface area contributed by atoms with Crippen molar-refractivity contribution in [2.75, 3.05) is 0 Å². The van der Waals surface area contributed by atoms with Crippen molar-refractivity contribution in [3.8, 4) is 0 Å². The van der Waals surface area contributed by atoms with Crippen LogP contribution in [0.15, 0.2) is 24.5 Å². The van der Waals surface area contributed by atoms with Crippen LogP contribution in [-0.4, -0.2) is 23.2 Å². The fraction of sp³-hybridized carbons (Fsp3) is 0.600. The number of nitrogens with one attached hydrogen (secondary N) is 2. The molecule has 1 aliphatic carbocycles. The third-order valence-corrected chi connectivity index (χ3v) is 4.04. The third-order valence-electron chi connectivity index (χ3n) is 4.04. The number of rotatable bonds is 4. The second-order valence-corrected chi connectivity index (χ2v) is 5.69. The number of aromatic nitrogens is 1. The molecular formula is C15H20F3N3O. The number of nitrogens with zero attached hydrogens (tertiary/aromatic N) is 1. The summed E-state index contributed by atoms with van der Waals surface area (Å²) in [6.07, 6.45) is 1.31. The molecule has 2 atom stereocenters. The molecule has 1 saturated carbocycles. The van der Waals surface area contributed by atoms with Crippen LogP contribution in [0.5, 0.6) is 0 Å². The molecule has 0 unspecified atom stereocenters. The van der Waals surface area contributed by atoms with E-state index in [0.717, 1.165) is 18.4 Å². The average molecular weight is 315 g/mol. The van der Waals surface area contributed by atoms with Crippen LogP contribution in [0, 0.1) is 5.92 Å². The molecule has 0 aromatic carbocycles. The number of amides is 2. The van der Waals surface area contributed by atoms with Gasteiger partial charge in [-0.15, -0.1) is 0 Å². The molecule has 0 aliphatic heterocycles. The first-order valence-electron chi connectivity index (χ1n) is 7.41. The lowest BCUT2D eigenvalue weighted by atomic mass is 9.98. The quantitative estimate of drug-likeness (QED) is 0.892. The average Bonchev–Trinajstić information content (AvgIpc) is 2.98. The molecule has 1 aromatic heterocycles. The summed E-state index contributed by atoms with van der Waals surface area (Å²) < 4.78 is 39.4. The van der Waals surface area contributed by atoms with Crippen LogP contribution < -0.4 is 10.6 Å². The van der Waals surface area contributed by atoms with Crippen LogP contribution in [0.4, 0.5) is 18.0 Å². The van der Waals surface area contributed by atoms with E-state index < -0.39 is 30.2 Å². The number of hydrogen-bond acceptors (Lipinski definition) is 2. The van der Waals surface area contributed by atoms with Gasteiger partial charge in [0.15, 0.2) is 0 Å². The molecule has 0 saturated heterocycles. The predicted octanol–water partition coefficient (Wildman–Crippen LogP) is 3.56. The molecule has 0 bridgehead atoms. The zero-order valence-corrected chi connectivity index (χ0v) is 12.4. The van der Waals surface area contributed by atoms with E-state index in [2.05, 4.69) is 15.6 Å². The summed E-state index contributed by atoms with van der Waals surface area (Å²) in [7, 11) is 0. The van der Waals surface area contributed by atoms with Crippen LogP contribution in [0.2, 0.25) is 0 Å². The van der Waals surface area contributed by atoms with Crippen LogP contribution in [-0.2, 0) is 0 Å². The van der Waals surface area contributed by atoms with Crippen molar-refractivity contribution in [3.05, 3.63) is 30.1 Å². The zero-order valence-electron chi connectivity index (χ0n) is 12.4. The van der Waals surface area contributed by atoms with Crippen LogP contribution >= 0.6 is 0 Å². The number of halogens is 3. The largest absolute Gasteiger partial charge is 0.408 e. The van der Waals surface area contributed by atoms with E-state index in [9.17, 15) is 18.0 Å². The number of pyridine rings is 1. The molecule has 7 heteroatoms. The third kappa shape index (κ3) is 4.35. The highest BCUT2D eigenvalue weighted by atomic mass is 19.4. The van der Waals surface area contributed by atoms with Crippen molar-refractivity contribution in [2.24, 2.45) is 5.92 Å². The summed E-state index contributed by atoms with van der Waals surface area (Å²) in [6.45, 7) is 1.70. The first kappa shape index (κ1) is 16.6. The summed E-state index contributed by atoms with van der Waals surface area (Å²) >= 11 is 0. The molecule has 0 radical (unpaired) electrons. The Labute approximate surface area is 127 Å². The van der Waals surface area contributed by atoms with Gasteiger partial charge in [-0.2, -0.15) is 13.2 Å². The van der Waals surface area contributed by atoms with Gasteiger partial charge in [0.25, 0.3) is 0 Å². The lowest BCUT2D eigenvalue weighted by Crippen LogP contribution is -2.52. The maximum absolute atomic E-state index is 13.1. The maximum Gasteiger partial charge on any atom is 0.408 e. The van der Waals surface area contributed by atoms with Crippen molar-refractivity contribution in [1.82, 2.24) is 15.6 Å². The van der Waals surface area contributed by atoms with Gasteiger partial charge < -0.3 is 10.6 Å². The van der Waals surface area contributed by atoms with Gasteiger partial charge in [-0.05, 0) is 37.3 Å². The van der Waals surface area contributed by atoms with Gasteiger partial charge in [-0.3, -0.25) is 4.98 Å². The normalized spacial score (nSPS) is 18.7. The Morgan fingerprint density at radius 2 is 2.00 bits per heavy atom. The summed E-state index contributed by atoms with van der Waals surface area (Å²) in [4.78, 5) is 15.8. The second-order valence-electron chi connectivity index (χ2n) is 5.69. The molecule has 1 aliphatic rings. The summed E-state index contributed by atoms with van der Waals surface area (Å²) in [5, 5.41) is 4.64. The number of carbonyl (C=O) groups is 1. The van der Waals surface area contributed by atoms with Gasteiger partial charge in [-0.1, -0.05) is 18.9 Å². The van der Waals surface area contributed by atoms with Crippen LogP contribution in [0.25, 0.3) is 0 Å². The van der Waals surface area contributed by atoms with Gasteiger partial charge in [0.05, 0.1) is 6.04 Å². The molecule has 0 spiro atoms. The van der Waals surface area contributed by atoms with Gasteiger partial charge in [0, 0.05) is 12.4 Å². The Bertz CT molecular complexity index is 487. The number of alkyl halides is 3. The van der Waals surface area contributed by atoms with Gasteiger partial charge in [0.2, 0.25) is 0 Å². The van der Waals surface area contributed by atoms with Gasteiger partial charge in [-0.25, -0.2) is 4.79 Å². The Balaban J connectivity index is 1.96. The molecule has 1 fully saturated rings. The Morgan fingerprint density at radius 1 is 1.32 bits per heavy atom. The van der Waals surface area contributed by atoms with E-state index >= 15 is 0 Å². The number of urea groups is 1. The first-order valence-corrected chi connectivity index (χ1v) is 7.41. The molecule has 2 amide bonds. The highest BCUT2D eigenvalue weighted by Crippen LogP contribution is 2.35. The standard InChI is InChI=1S/C15H20F3N3O/c1-10(12-7-4-8-19-9-12)20-14(22)21-13(15(16,17)18)11-5-2-3-6-11/h4,7-11,13H,2-3,5-6H2,1H3,(H2,20,21,22)/t10-,13-/m1/s1.